The Hall–Kier alpha value is -2.31. The van der Waals surface area contributed by atoms with Gasteiger partial charge in [0.2, 0.25) is 0 Å². The van der Waals surface area contributed by atoms with Crippen LogP contribution >= 0.6 is 0 Å². The molecule has 0 radical (unpaired) electrons. The van der Waals surface area contributed by atoms with E-state index in [9.17, 15) is 4.79 Å². The fourth-order valence-electron chi connectivity index (χ4n) is 3.40. The van der Waals surface area contributed by atoms with Crippen molar-refractivity contribution in [3.63, 3.8) is 0 Å². The molecule has 0 aliphatic heterocycles. The van der Waals surface area contributed by atoms with Gasteiger partial charge >= 0.3 is 5.97 Å². The zero-order chi connectivity index (χ0) is 19.3. The summed E-state index contributed by atoms with van der Waals surface area (Å²) in [6.45, 7) is 0. The van der Waals surface area contributed by atoms with Crippen LogP contribution in [0.5, 0.6) is 0 Å². The summed E-state index contributed by atoms with van der Waals surface area (Å²) in [7, 11) is 1.20. The lowest BCUT2D eigenvalue weighted by atomic mass is 10.0. The van der Waals surface area contributed by atoms with Gasteiger partial charge in [0.25, 0.3) is 0 Å². The lowest BCUT2D eigenvalue weighted by Crippen LogP contribution is -3.00. The van der Waals surface area contributed by atoms with E-state index in [1.54, 1.807) is 0 Å². The van der Waals surface area contributed by atoms with Gasteiger partial charge in [0.05, 0.1) is 24.4 Å². The molecule has 0 amide bonds. The average molecular weight is 512 g/mol. The number of rotatable bonds is 5. The maximum atomic E-state index is 11.9. The number of halogens is 1. The molecule has 0 saturated heterocycles. The molecule has 0 spiro atoms. The van der Waals surface area contributed by atoms with Gasteiger partial charge in [0.1, 0.15) is 0 Å². The monoisotopic (exact) mass is 512 g/mol. The van der Waals surface area contributed by atoms with E-state index in [4.69, 9.17) is 4.74 Å². The highest BCUT2D eigenvalue weighted by molar-refractivity contribution is 7.97. The number of carbonyl (C=O) groups is 1. The Bertz CT molecular complexity index is 1060. The van der Waals surface area contributed by atoms with Crippen LogP contribution in [-0.2, 0) is 26.8 Å². The molecule has 146 valence electrons. The minimum absolute atomic E-state index is 0. The van der Waals surface area contributed by atoms with E-state index in [1.807, 2.05) is 18.2 Å². The first-order valence-electron chi connectivity index (χ1n) is 9.20. The maximum Gasteiger partial charge on any atom is 0.309 e. The number of ether oxygens (including phenoxy) is 1. The predicted octanol–water partition coefficient (Wildman–Crippen LogP) is 2.65. The van der Waals surface area contributed by atoms with Crippen LogP contribution in [0, 0.1) is 0 Å². The van der Waals surface area contributed by atoms with Crippen molar-refractivity contribution in [3.05, 3.63) is 103 Å². The fourth-order valence-corrected chi connectivity index (χ4v) is 5.64. The van der Waals surface area contributed by atoms with Gasteiger partial charge in [-0.1, -0.05) is 60.7 Å². The van der Waals surface area contributed by atoms with Crippen molar-refractivity contribution in [2.24, 2.45) is 0 Å². The molecule has 0 bridgehead atoms. The highest BCUT2D eigenvalue weighted by atomic mass is 127. The van der Waals surface area contributed by atoms with Crippen molar-refractivity contribution in [2.75, 3.05) is 7.11 Å². The molecule has 0 heterocycles. The summed E-state index contributed by atoms with van der Waals surface area (Å²) in [5.41, 5.74) is 0.996. The van der Waals surface area contributed by atoms with Crippen molar-refractivity contribution in [2.45, 2.75) is 21.1 Å². The normalized spacial score (nSPS) is 10.6. The van der Waals surface area contributed by atoms with Crippen molar-refractivity contribution >= 4 is 27.6 Å². The Labute approximate surface area is 191 Å². The molecule has 0 aliphatic rings. The Morgan fingerprint density at radius 1 is 0.724 bits per heavy atom. The Balaban J connectivity index is 0.00000240. The highest BCUT2D eigenvalue weighted by Gasteiger charge is 2.30. The molecule has 0 fully saturated rings. The number of esters is 1. The molecular formula is C25H21IO2S. The van der Waals surface area contributed by atoms with Gasteiger partial charge < -0.3 is 28.7 Å². The molecule has 4 aromatic carbocycles. The SMILES string of the molecule is COC(=O)Cc1ccc([S+](c2ccccc2)c2ccccc2)c2ccccc12.[I-]. The minimum atomic E-state index is -0.228. The van der Waals surface area contributed by atoms with Crippen LogP contribution in [0.25, 0.3) is 10.8 Å². The topological polar surface area (TPSA) is 26.3 Å². The van der Waals surface area contributed by atoms with E-state index in [2.05, 4.69) is 78.9 Å². The smallest absolute Gasteiger partial charge is 0.309 e. The zero-order valence-corrected chi connectivity index (χ0v) is 19.0. The van der Waals surface area contributed by atoms with Crippen LogP contribution in [-0.4, -0.2) is 13.1 Å². The van der Waals surface area contributed by atoms with E-state index in [0.717, 1.165) is 10.9 Å². The summed E-state index contributed by atoms with van der Waals surface area (Å²) < 4.78 is 4.88. The number of methoxy groups -OCH3 is 1. The number of carbonyl (C=O) groups excluding carboxylic acids is 1. The van der Waals surface area contributed by atoms with Crippen LogP contribution in [0.4, 0.5) is 0 Å². The number of hydrogen-bond donors (Lipinski definition) is 0. The molecular weight excluding hydrogens is 491 g/mol. The van der Waals surface area contributed by atoms with Gasteiger partial charge in [-0.15, -0.1) is 0 Å². The summed E-state index contributed by atoms with van der Waals surface area (Å²) in [5, 5.41) is 2.29. The standard InChI is InChI=1S/C25H21O2S.HI/c1-27-25(26)18-19-16-17-24(23-15-9-8-14-22(19)23)28(20-10-4-2-5-11-20)21-12-6-3-7-13-21;/h2-17H,18H2,1H3;1H/q+1;/p-1. The van der Waals surface area contributed by atoms with Crippen molar-refractivity contribution in [3.8, 4) is 0 Å². The van der Waals surface area contributed by atoms with E-state index in [1.165, 1.54) is 27.2 Å². The van der Waals surface area contributed by atoms with Crippen LogP contribution in [0.2, 0.25) is 0 Å². The number of hydrogen-bond acceptors (Lipinski definition) is 2. The van der Waals surface area contributed by atoms with E-state index in [-0.39, 0.29) is 47.3 Å². The molecule has 4 rings (SSSR count). The third-order valence-corrected chi connectivity index (χ3v) is 7.00. The second-order valence-corrected chi connectivity index (χ2v) is 8.45. The first-order valence-corrected chi connectivity index (χ1v) is 10.4. The lowest BCUT2D eigenvalue weighted by Gasteiger charge is -2.12. The minimum Gasteiger partial charge on any atom is -1.00 e. The first kappa shape index (κ1) is 21.4. The summed E-state index contributed by atoms with van der Waals surface area (Å²) in [5.74, 6) is -0.219. The van der Waals surface area contributed by atoms with Gasteiger partial charge in [-0.3, -0.25) is 4.79 Å². The number of fused-ring (bicyclic) bond motifs is 1. The molecule has 0 aliphatic carbocycles. The Kier molecular flexibility index (Phi) is 7.34. The summed E-state index contributed by atoms with van der Waals surface area (Å²) in [4.78, 5) is 15.7. The molecule has 0 saturated carbocycles. The predicted molar refractivity (Wildman–Crippen MR) is 115 cm³/mol. The zero-order valence-electron chi connectivity index (χ0n) is 16.0. The molecule has 2 nitrogen and oxygen atoms in total. The van der Waals surface area contributed by atoms with Gasteiger partial charge in [-0.05, 0) is 47.3 Å². The number of benzene rings is 4. The summed E-state index contributed by atoms with van der Waals surface area (Å²) >= 11 is 0. The van der Waals surface area contributed by atoms with Gasteiger partial charge in [0, 0.05) is 5.39 Å². The molecule has 29 heavy (non-hydrogen) atoms. The molecule has 4 heteroatoms. The van der Waals surface area contributed by atoms with E-state index < -0.39 is 0 Å². The van der Waals surface area contributed by atoms with Gasteiger partial charge in [0.15, 0.2) is 14.7 Å². The molecule has 0 unspecified atom stereocenters. The van der Waals surface area contributed by atoms with Gasteiger partial charge in [-0.2, -0.15) is 0 Å². The molecule has 4 aromatic rings. The lowest BCUT2D eigenvalue weighted by molar-refractivity contribution is -0.139. The molecule has 0 atom stereocenters. The first-order chi connectivity index (χ1) is 13.8. The summed E-state index contributed by atoms with van der Waals surface area (Å²) in [6, 6.07) is 33.8. The van der Waals surface area contributed by atoms with Gasteiger partial charge in [-0.25, -0.2) is 0 Å². The maximum absolute atomic E-state index is 11.9. The largest absolute Gasteiger partial charge is 1.00 e. The summed E-state index contributed by atoms with van der Waals surface area (Å²) in [6.07, 6.45) is 0.280. The third kappa shape index (κ3) is 4.65. The van der Waals surface area contributed by atoms with Crippen LogP contribution in [0.15, 0.2) is 112 Å². The van der Waals surface area contributed by atoms with Crippen molar-refractivity contribution < 1.29 is 33.5 Å². The average Bonchev–Trinajstić information content (AvgIpc) is 2.77. The third-order valence-electron chi connectivity index (χ3n) is 4.71. The molecule has 0 aromatic heterocycles. The van der Waals surface area contributed by atoms with Crippen LogP contribution in [0.1, 0.15) is 5.56 Å². The Morgan fingerprint density at radius 2 is 1.24 bits per heavy atom. The van der Waals surface area contributed by atoms with E-state index in [0.29, 0.717) is 0 Å². The fraction of sp³-hybridized carbons (Fsp3) is 0.0800. The van der Waals surface area contributed by atoms with Crippen molar-refractivity contribution in [1.29, 1.82) is 0 Å². The second-order valence-electron chi connectivity index (χ2n) is 6.45. The Morgan fingerprint density at radius 3 is 1.79 bits per heavy atom. The van der Waals surface area contributed by atoms with Crippen LogP contribution < -0.4 is 24.0 Å². The highest BCUT2D eigenvalue weighted by Crippen LogP contribution is 2.36. The van der Waals surface area contributed by atoms with Crippen LogP contribution in [0.3, 0.4) is 0 Å². The second kappa shape index (κ2) is 9.94. The van der Waals surface area contributed by atoms with E-state index >= 15 is 0 Å². The molecule has 0 N–H and O–H groups in total. The van der Waals surface area contributed by atoms with Crippen molar-refractivity contribution in [1.82, 2.24) is 0 Å². The quantitative estimate of drug-likeness (QED) is 0.234.